The third-order valence-corrected chi connectivity index (χ3v) is 5.73. The van der Waals surface area contributed by atoms with Crippen LogP contribution in [0, 0.1) is 6.92 Å². The van der Waals surface area contributed by atoms with Gasteiger partial charge in [-0.3, -0.25) is 4.99 Å². The topological polar surface area (TPSA) is 43.3 Å². The molecule has 164 valence electrons. The predicted octanol–water partition coefficient (Wildman–Crippen LogP) is 2.59. The lowest BCUT2D eigenvalue weighted by molar-refractivity contribution is -0.00833. The zero-order valence-corrected chi connectivity index (χ0v) is 20.6. The van der Waals surface area contributed by atoms with E-state index in [0.29, 0.717) is 0 Å². The van der Waals surface area contributed by atoms with Gasteiger partial charge in [-0.05, 0) is 51.5 Å². The minimum absolute atomic E-state index is 0. The van der Waals surface area contributed by atoms with Crippen LogP contribution >= 0.6 is 24.0 Å². The van der Waals surface area contributed by atoms with Crippen LogP contribution in [-0.4, -0.2) is 93.2 Å². The Morgan fingerprint density at radius 1 is 1.17 bits per heavy atom. The average Bonchev–Trinajstić information content (AvgIpc) is 2.92. The van der Waals surface area contributed by atoms with Gasteiger partial charge in [0.15, 0.2) is 5.96 Å². The van der Waals surface area contributed by atoms with E-state index in [0.717, 1.165) is 58.4 Å². The van der Waals surface area contributed by atoms with Crippen molar-refractivity contribution in [3.8, 4) is 0 Å². The van der Waals surface area contributed by atoms with Gasteiger partial charge in [0.05, 0.1) is 19.7 Å². The van der Waals surface area contributed by atoms with Crippen molar-refractivity contribution in [1.29, 1.82) is 0 Å². The van der Waals surface area contributed by atoms with Crippen LogP contribution in [0.25, 0.3) is 0 Å². The summed E-state index contributed by atoms with van der Waals surface area (Å²) in [6.45, 7) is 14.2. The van der Waals surface area contributed by atoms with Crippen LogP contribution in [0.1, 0.15) is 30.6 Å². The maximum Gasteiger partial charge on any atom is 0.194 e. The number of nitrogens with one attached hydrogen (secondary N) is 1. The van der Waals surface area contributed by atoms with E-state index in [1.54, 1.807) is 0 Å². The first kappa shape index (κ1) is 24.4. The van der Waals surface area contributed by atoms with Crippen LogP contribution in [0.2, 0.25) is 0 Å². The molecule has 1 N–H and O–H groups in total. The third kappa shape index (κ3) is 7.38. The molecular formula is C22H38IN5O. The molecule has 1 aromatic rings. The molecule has 7 heteroatoms. The number of aryl methyl sites for hydroxylation is 1. The molecule has 0 radical (unpaired) electrons. The molecule has 2 fully saturated rings. The van der Waals surface area contributed by atoms with Gasteiger partial charge in [-0.2, -0.15) is 0 Å². The summed E-state index contributed by atoms with van der Waals surface area (Å²) < 4.78 is 6.09. The first-order valence-electron chi connectivity index (χ1n) is 10.8. The minimum Gasteiger partial charge on any atom is -0.370 e. The Morgan fingerprint density at radius 3 is 2.79 bits per heavy atom. The Bertz CT molecular complexity index is 641. The molecule has 2 aliphatic rings. The maximum atomic E-state index is 6.09. The van der Waals surface area contributed by atoms with Crippen molar-refractivity contribution in [2.75, 3.05) is 72.6 Å². The van der Waals surface area contributed by atoms with Gasteiger partial charge in [-0.1, -0.05) is 24.3 Å². The molecule has 0 amide bonds. The predicted molar refractivity (Wildman–Crippen MR) is 131 cm³/mol. The Kier molecular flexibility index (Phi) is 10.7. The first-order valence-corrected chi connectivity index (χ1v) is 10.8. The molecule has 1 unspecified atom stereocenters. The highest BCUT2D eigenvalue weighted by atomic mass is 127. The molecule has 0 bridgehead atoms. The van der Waals surface area contributed by atoms with Crippen molar-refractivity contribution in [3.63, 3.8) is 0 Å². The molecular weight excluding hydrogens is 477 g/mol. The van der Waals surface area contributed by atoms with E-state index in [-0.39, 0.29) is 30.1 Å². The standard InChI is InChI=1S/C22H37N5O.HI/c1-4-23-22(24-10-13-26-12-7-11-25(3)14-15-26)27-16-17-28-21(18-27)20-9-6-5-8-19(20)2;/h5-6,8-9,21H,4,7,10-18H2,1-3H3,(H,23,24);1H. The van der Waals surface area contributed by atoms with Gasteiger partial charge in [-0.15, -0.1) is 24.0 Å². The molecule has 1 aromatic carbocycles. The third-order valence-electron chi connectivity index (χ3n) is 5.73. The second kappa shape index (κ2) is 12.7. The summed E-state index contributed by atoms with van der Waals surface area (Å²) in [6.07, 6.45) is 1.36. The number of likely N-dealkylation sites (N-methyl/N-ethyl adjacent to an activating group) is 1. The zero-order chi connectivity index (χ0) is 19.8. The molecule has 2 aliphatic heterocycles. The van der Waals surface area contributed by atoms with Gasteiger partial charge in [0.1, 0.15) is 6.10 Å². The number of guanidine groups is 1. The highest BCUT2D eigenvalue weighted by Gasteiger charge is 2.25. The van der Waals surface area contributed by atoms with E-state index in [1.165, 1.54) is 30.6 Å². The Hall–Kier alpha value is -0.900. The van der Waals surface area contributed by atoms with Crippen molar-refractivity contribution in [3.05, 3.63) is 35.4 Å². The molecule has 2 saturated heterocycles. The molecule has 6 nitrogen and oxygen atoms in total. The van der Waals surface area contributed by atoms with Crippen LogP contribution in [0.4, 0.5) is 0 Å². The highest BCUT2D eigenvalue weighted by Crippen LogP contribution is 2.24. The SMILES string of the molecule is CCNC(=NCCN1CCCN(C)CC1)N1CCOC(c2ccccc2C)C1.I. The molecule has 29 heavy (non-hydrogen) atoms. The number of halogens is 1. The summed E-state index contributed by atoms with van der Waals surface area (Å²) in [5, 5.41) is 3.49. The Morgan fingerprint density at radius 2 is 2.00 bits per heavy atom. The van der Waals surface area contributed by atoms with Crippen LogP contribution in [-0.2, 0) is 4.74 Å². The quantitative estimate of drug-likeness (QED) is 0.371. The van der Waals surface area contributed by atoms with Gasteiger partial charge in [-0.25, -0.2) is 0 Å². The number of rotatable bonds is 5. The molecule has 0 spiro atoms. The molecule has 3 rings (SSSR count). The lowest BCUT2D eigenvalue weighted by Gasteiger charge is -2.36. The monoisotopic (exact) mass is 515 g/mol. The Balaban J connectivity index is 0.00000300. The van der Waals surface area contributed by atoms with Gasteiger partial charge < -0.3 is 24.8 Å². The van der Waals surface area contributed by atoms with E-state index in [4.69, 9.17) is 9.73 Å². The zero-order valence-electron chi connectivity index (χ0n) is 18.3. The number of hydrogen-bond acceptors (Lipinski definition) is 4. The molecule has 0 aliphatic carbocycles. The smallest absolute Gasteiger partial charge is 0.194 e. The normalized spacial score (nSPS) is 22.1. The van der Waals surface area contributed by atoms with Gasteiger partial charge >= 0.3 is 0 Å². The van der Waals surface area contributed by atoms with Crippen molar-refractivity contribution < 1.29 is 4.74 Å². The first-order chi connectivity index (χ1) is 13.7. The number of aliphatic imine (C=N–C) groups is 1. The van der Waals surface area contributed by atoms with E-state index in [2.05, 4.69) is 65.2 Å². The van der Waals surface area contributed by atoms with E-state index < -0.39 is 0 Å². The minimum atomic E-state index is 0. The summed E-state index contributed by atoms with van der Waals surface area (Å²) in [4.78, 5) is 12.3. The Labute approximate surface area is 193 Å². The van der Waals surface area contributed by atoms with Crippen LogP contribution in [0.3, 0.4) is 0 Å². The van der Waals surface area contributed by atoms with Crippen molar-refractivity contribution in [2.24, 2.45) is 4.99 Å². The average molecular weight is 515 g/mol. The maximum absolute atomic E-state index is 6.09. The summed E-state index contributed by atoms with van der Waals surface area (Å²) in [7, 11) is 2.22. The summed E-state index contributed by atoms with van der Waals surface area (Å²) in [6, 6.07) is 8.54. The second-order valence-corrected chi connectivity index (χ2v) is 7.90. The lowest BCUT2D eigenvalue weighted by Crippen LogP contribution is -2.48. The summed E-state index contributed by atoms with van der Waals surface area (Å²) in [5.74, 6) is 1.02. The fourth-order valence-electron chi connectivity index (χ4n) is 4.02. The van der Waals surface area contributed by atoms with Crippen molar-refractivity contribution in [2.45, 2.75) is 26.4 Å². The van der Waals surface area contributed by atoms with Crippen molar-refractivity contribution in [1.82, 2.24) is 20.0 Å². The number of morpholine rings is 1. The number of benzene rings is 1. The van der Waals surface area contributed by atoms with Crippen LogP contribution in [0.15, 0.2) is 29.3 Å². The van der Waals surface area contributed by atoms with Gasteiger partial charge in [0, 0.05) is 32.7 Å². The lowest BCUT2D eigenvalue weighted by atomic mass is 10.0. The second-order valence-electron chi connectivity index (χ2n) is 7.90. The van der Waals surface area contributed by atoms with Crippen LogP contribution < -0.4 is 5.32 Å². The van der Waals surface area contributed by atoms with Crippen molar-refractivity contribution >= 4 is 29.9 Å². The molecule has 0 saturated carbocycles. The number of hydrogen-bond donors (Lipinski definition) is 1. The summed E-state index contributed by atoms with van der Waals surface area (Å²) in [5.41, 5.74) is 2.58. The number of nitrogens with zero attached hydrogens (tertiary/aromatic N) is 4. The fourth-order valence-corrected chi connectivity index (χ4v) is 4.02. The van der Waals surface area contributed by atoms with Gasteiger partial charge in [0.2, 0.25) is 0 Å². The van der Waals surface area contributed by atoms with Gasteiger partial charge in [0.25, 0.3) is 0 Å². The summed E-state index contributed by atoms with van der Waals surface area (Å²) >= 11 is 0. The molecule has 1 atom stereocenters. The van der Waals surface area contributed by atoms with E-state index >= 15 is 0 Å². The molecule has 2 heterocycles. The van der Waals surface area contributed by atoms with E-state index in [9.17, 15) is 0 Å². The van der Waals surface area contributed by atoms with Crippen LogP contribution in [0.5, 0.6) is 0 Å². The largest absolute Gasteiger partial charge is 0.370 e. The van der Waals surface area contributed by atoms with E-state index in [1.807, 2.05) is 0 Å². The fraction of sp³-hybridized carbons (Fsp3) is 0.682. The number of ether oxygens (including phenoxy) is 1. The highest BCUT2D eigenvalue weighted by molar-refractivity contribution is 14.0. The molecule has 0 aromatic heterocycles.